The highest BCUT2D eigenvalue weighted by Gasteiger charge is 2.60. The summed E-state index contributed by atoms with van der Waals surface area (Å²) in [5, 5.41) is 9.43. The molecule has 0 spiro atoms. The molecule has 0 radical (unpaired) electrons. The summed E-state index contributed by atoms with van der Waals surface area (Å²) in [6, 6.07) is 4.42. The van der Waals surface area contributed by atoms with E-state index in [2.05, 4.69) is 4.74 Å². The summed E-state index contributed by atoms with van der Waals surface area (Å²) >= 11 is 0. The summed E-state index contributed by atoms with van der Waals surface area (Å²) in [7, 11) is 0. The maximum atomic E-state index is 14.9. The molecule has 2 saturated heterocycles. The number of alkyl halides is 7. The Hall–Kier alpha value is -2.81. The van der Waals surface area contributed by atoms with Crippen LogP contribution in [0.25, 0.3) is 0 Å². The highest BCUT2D eigenvalue weighted by Crippen LogP contribution is 2.38. The molecule has 0 unspecified atom stereocenters. The van der Waals surface area contributed by atoms with Crippen molar-refractivity contribution in [1.29, 1.82) is 0 Å². The zero-order chi connectivity index (χ0) is 27.8. The Balaban J connectivity index is 1.69. The second kappa shape index (κ2) is 10.2. The Bertz CT molecular complexity index is 988. The van der Waals surface area contributed by atoms with E-state index in [0.29, 0.717) is 5.56 Å². The van der Waals surface area contributed by atoms with Gasteiger partial charge in [-0.05, 0) is 25.5 Å². The smallest absolute Gasteiger partial charge is 0.434 e. The van der Waals surface area contributed by atoms with E-state index in [4.69, 9.17) is 9.47 Å². The zero-order valence-corrected chi connectivity index (χ0v) is 19.8. The van der Waals surface area contributed by atoms with Crippen molar-refractivity contribution in [3.63, 3.8) is 0 Å². The molecule has 1 aromatic rings. The summed E-state index contributed by atoms with van der Waals surface area (Å²) in [6.45, 7) is 2.07. The van der Waals surface area contributed by atoms with Gasteiger partial charge in [-0.3, -0.25) is 4.90 Å². The predicted molar refractivity (Wildman–Crippen MR) is 112 cm³/mol. The maximum Gasteiger partial charge on any atom is 0.434 e. The van der Waals surface area contributed by atoms with Gasteiger partial charge in [-0.15, -0.1) is 0 Å². The number of carboxylic acids is 1. The van der Waals surface area contributed by atoms with Gasteiger partial charge in [0.05, 0.1) is 13.2 Å². The number of ether oxygens (including phenoxy) is 3. The standard InChI is InChI=1S/C22H25F7N2O6/c1-19(2,17(32)33)37-15-9-14(20(23)11-35-12-20)4-3-13(15)10-30-5-7-31(8-6-30)18(34)36-16(21(24,25)26)22(27,28)29/h3-4,9,16H,5-8,10-12H2,1-2H3,(H,32,33). The molecule has 0 atom stereocenters. The number of nitrogens with zero attached hydrogens (tertiary/aromatic N) is 2. The number of carbonyl (C=O) groups excluding carboxylic acids is 1. The van der Waals surface area contributed by atoms with Crippen LogP contribution in [0.1, 0.15) is 25.0 Å². The van der Waals surface area contributed by atoms with E-state index >= 15 is 0 Å². The van der Waals surface area contributed by atoms with Crippen LogP contribution in [-0.4, -0.2) is 90.4 Å². The minimum absolute atomic E-state index is 0.0577. The number of amides is 1. The van der Waals surface area contributed by atoms with Gasteiger partial charge in [0, 0.05) is 38.3 Å². The van der Waals surface area contributed by atoms with Gasteiger partial charge in [0.15, 0.2) is 11.3 Å². The number of aliphatic carboxylic acids is 1. The first-order chi connectivity index (χ1) is 16.9. The molecule has 1 N–H and O–H groups in total. The Kier molecular flexibility index (Phi) is 7.89. The summed E-state index contributed by atoms with van der Waals surface area (Å²) in [5.74, 6) is -1.18. The molecule has 0 aromatic heterocycles. The molecule has 2 aliphatic heterocycles. The van der Waals surface area contributed by atoms with Crippen LogP contribution in [0.15, 0.2) is 18.2 Å². The van der Waals surface area contributed by atoms with Crippen LogP contribution >= 0.6 is 0 Å². The summed E-state index contributed by atoms with van der Waals surface area (Å²) < 4.78 is 105. The number of carbonyl (C=O) groups is 2. The lowest BCUT2D eigenvalue weighted by Crippen LogP contribution is -2.52. The Morgan fingerprint density at radius 1 is 1.05 bits per heavy atom. The fraction of sp³-hybridized carbons (Fsp3) is 0.636. The second-order valence-electron chi connectivity index (χ2n) is 9.31. The molecular formula is C22H25F7N2O6. The number of piperazine rings is 1. The molecule has 15 heteroatoms. The van der Waals surface area contributed by atoms with Crippen molar-refractivity contribution >= 4 is 12.1 Å². The van der Waals surface area contributed by atoms with Gasteiger partial charge in [-0.25, -0.2) is 14.0 Å². The van der Waals surface area contributed by atoms with Crippen molar-refractivity contribution in [2.75, 3.05) is 39.4 Å². The molecule has 2 fully saturated rings. The minimum atomic E-state index is -5.81. The van der Waals surface area contributed by atoms with Gasteiger partial charge in [-0.1, -0.05) is 12.1 Å². The Labute approximate surface area is 206 Å². The van der Waals surface area contributed by atoms with Gasteiger partial charge >= 0.3 is 24.4 Å². The van der Waals surface area contributed by atoms with Gasteiger partial charge in [0.2, 0.25) is 0 Å². The lowest BCUT2D eigenvalue weighted by Gasteiger charge is -2.36. The number of halogens is 7. The van der Waals surface area contributed by atoms with E-state index in [9.17, 15) is 45.4 Å². The molecule has 1 aromatic carbocycles. The van der Waals surface area contributed by atoms with E-state index in [1.165, 1.54) is 26.0 Å². The van der Waals surface area contributed by atoms with Crippen LogP contribution in [0, 0.1) is 0 Å². The largest absolute Gasteiger partial charge is 0.478 e. The van der Waals surface area contributed by atoms with Gasteiger partial charge in [0.25, 0.3) is 6.10 Å². The SMILES string of the molecule is CC(C)(Oc1cc(C2(F)COC2)ccc1CN1CCN(C(=O)OC(C(F)(F)F)C(F)(F)F)CC1)C(=O)O. The molecule has 2 heterocycles. The first-order valence-electron chi connectivity index (χ1n) is 11.1. The fourth-order valence-electron chi connectivity index (χ4n) is 3.65. The number of hydrogen-bond donors (Lipinski definition) is 1. The van der Waals surface area contributed by atoms with Crippen LogP contribution in [0.3, 0.4) is 0 Å². The van der Waals surface area contributed by atoms with Crippen LogP contribution < -0.4 is 4.74 Å². The average molecular weight is 546 g/mol. The van der Waals surface area contributed by atoms with Crippen molar-refractivity contribution in [3.05, 3.63) is 29.3 Å². The summed E-state index contributed by atoms with van der Waals surface area (Å²) in [6.07, 6.45) is -17.6. The summed E-state index contributed by atoms with van der Waals surface area (Å²) in [4.78, 5) is 26.0. The second-order valence-corrected chi connectivity index (χ2v) is 9.31. The third kappa shape index (κ3) is 6.74. The summed E-state index contributed by atoms with van der Waals surface area (Å²) in [5.41, 5.74) is -2.72. The number of benzene rings is 1. The van der Waals surface area contributed by atoms with Crippen LogP contribution in [0.5, 0.6) is 5.75 Å². The molecule has 0 bridgehead atoms. The number of rotatable bonds is 7. The Morgan fingerprint density at radius 3 is 2.08 bits per heavy atom. The lowest BCUT2D eigenvalue weighted by molar-refractivity contribution is -0.308. The van der Waals surface area contributed by atoms with Crippen molar-refractivity contribution in [1.82, 2.24) is 9.80 Å². The van der Waals surface area contributed by atoms with Crippen molar-refractivity contribution < 1.29 is 59.6 Å². The van der Waals surface area contributed by atoms with Crippen molar-refractivity contribution in [3.8, 4) is 5.75 Å². The quantitative estimate of drug-likeness (QED) is 0.520. The molecule has 0 saturated carbocycles. The minimum Gasteiger partial charge on any atom is -0.478 e. The maximum absolute atomic E-state index is 14.9. The Morgan fingerprint density at radius 2 is 1.62 bits per heavy atom. The fourth-order valence-corrected chi connectivity index (χ4v) is 3.65. The zero-order valence-electron chi connectivity index (χ0n) is 19.8. The normalized spacial score (nSPS) is 18.9. The third-order valence-corrected chi connectivity index (χ3v) is 5.96. The molecule has 208 valence electrons. The topological polar surface area (TPSA) is 88.5 Å². The monoisotopic (exact) mass is 546 g/mol. The first-order valence-corrected chi connectivity index (χ1v) is 11.1. The molecule has 2 aliphatic rings. The first kappa shape index (κ1) is 28.8. The third-order valence-electron chi connectivity index (χ3n) is 5.96. The van der Waals surface area contributed by atoms with Gasteiger partial charge < -0.3 is 24.2 Å². The highest BCUT2D eigenvalue weighted by atomic mass is 19.4. The average Bonchev–Trinajstić information content (AvgIpc) is 2.75. The lowest BCUT2D eigenvalue weighted by atomic mass is 9.92. The molecule has 8 nitrogen and oxygen atoms in total. The molecular weight excluding hydrogens is 521 g/mol. The molecule has 1 amide bonds. The molecule has 37 heavy (non-hydrogen) atoms. The van der Waals surface area contributed by atoms with Crippen molar-refractivity contribution in [2.45, 2.75) is 50.1 Å². The number of carboxylic acid groups (broad SMARTS) is 1. The van der Waals surface area contributed by atoms with E-state index in [1.807, 2.05) is 0 Å². The van der Waals surface area contributed by atoms with Gasteiger partial charge in [-0.2, -0.15) is 26.3 Å². The van der Waals surface area contributed by atoms with E-state index in [-0.39, 0.29) is 57.3 Å². The van der Waals surface area contributed by atoms with E-state index in [0.717, 1.165) is 4.90 Å². The number of hydrogen-bond acceptors (Lipinski definition) is 6. The van der Waals surface area contributed by atoms with E-state index < -0.39 is 41.8 Å². The van der Waals surface area contributed by atoms with Crippen LogP contribution in [0.4, 0.5) is 35.5 Å². The van der Waals surface area contributed by atoms with E-state index in [1.54, 1.807) is 11.0 Å². The van der Waals surface area contributed by atoms with Crippen molar-refractivity contribution in [2.24, 2.45) is 0 Å². The molecule has 3 rings (SSSR count). The predicted octanol–water partition coefficient (Wildman–Crippen LogP) is 3.87. The van der Waals surface area contributed by atoms with Gasteiger partial charge in [0.1, 0.15) is 5.75 Å². The highest BCUT2D eigenvalue weighted by molar-refractivity contribution is 5.76. The van der Waals surface area contributed by atoms with Crippen LogP contribution in [0.2, 0.25) is 0 Å². The van der Waals surface area contributed by atoms with Crippen LogP contribution in [-0.2, 0) is 26.5 Å². The molecule has 0 aliphatic carbocycles.